The van der Waals surface area contributed by atoms with Crippen molar-refractivity contribution in [1.29, 1.82) is 0 Å². The zero-order valence-electron chi connectivity index (χ0n) is 12.5. The highest BCUT2D eigenvalue weighted by Gasteiger charge is 2.14. The summed E-state index contributed by atoms with van der Waals surface area (Å²) in [6.45, 7) is 2.22. The lowest BCUT2D eigenvalue weighted by Gasteiger charge is -2.10. The predicted molar refractivity (Wildman–Crippen MR) is 83.3 cm³/mol. The number of hydrogen-bond donors (Lipinski definition) is 1. The van der Waals surface area contributed by atoms with Crippen LogP contribution in [0.3, 0.4) is 0 Å². The maximum atomic E-state index is 8.66. The number of aliphatic hydroxyl groups is 1. The van der Waals surface area contributed by atoms with E-state index in [1.54, 1.807) is 0 Å². The summed E-state index contributed by atoms with van der Waals surface area (Å²) in [7, 11) is 0. The molecule has 0 amide bonds. The Morgan fingerprint density at radius 2 is 1.86 bits per heavy atom. The van der Waals surface area contributed by atoms with Gasteiger partial charge in [0.2, 0.25) is 0 Å². The molecule has 3 heteroatoms. The molecule has 0 atom stereocenters. The van der Waals surface area contributed by atoms with Crippen molar-refractivity contribution >= 4 is 0 Å². The highest BCUT2D eigenvalue weighted by molar-refractivity contribution is 5.38. The Balaban J connectivity index is 1.61. The number of aliphatic hydroxyl groups excluding tert-OH is 1. The molecule has 1 N–H and O–H groups in total. The summed E-state index contributed by atoms with van der Waals surface area (Å²) in [5.41, 5.74) is 0.938. The van der Waals surface area contributed by atoms with Crippen LogP contribution in [0.15, 0.2) is 24.3 Å². The second-order valence-corrected chi connectivity index (χ2v) is 5.37. The van der Waals surface area contributed by atoms with E-state index < -0.39 is 0 Å². The van der Waals surface area contributed by atoms with Gasteiger partial charge in [-0.1, -0.05) is 24.7 Å². The van der Waals surface area contributed by atoms with Gasteiger partial charge in [0.1, 0.15) is 12.4 Å². The summed E-state index contributed by atoms with van der Waals surface area (Å²) in [5, 5.41) is 8.66. The highest BCUT2D eigenvalue weighted by Crippen LogP contribution is 2.24. The van der Waals surface area contributed by atoms with Gasteiger partial charge in [-0.05, 0) is 43.0 Å². The van der Waals surface area contributed by atoms with Crippen molar-refractivity contribution < 1.29 is 14.6 Å². The van der Waals surface area contributed by atoms with E-state index in [9.17, 15) is 0 Å². The van der Waals surface area contributed by atoms with Crippen LogP contribution in [0, 0.1) is 17.8 Å². The monoisotopic (exact) mass is 288 g/mol. The van der Waals surface area contributed by atoms with Crippen LogP contribution in [-0.4, -0.2) is 31.5 Å². The third kappa shape index (κ3) is 6.20. The van der Waals surface area contributed by atoms with E-state index in [0.717, 1.165) is 23.8 Å². The SMILES string of the molecule is OCCC#Cc1ccc(OCCOCC2CCCC2)cc1. The van der Waals surface area contributed by atoms with Crippen LogP contribution in [0.1, 0.15) is 37.7 Å². The van der Waals surface area contributed by atoms with Crippen molar-refractivity contribution in [3.05, 3.63) is 29.8 Å². The molecule has 0 radical (unpaired) electrons. The van der Waals surface area contributed by atoms with E-state index in [0.29, 0.717) is 19.6 Å². The number of rotatable bonds is 7. The lowest BCUT2D eigenvalue weighted by Crippen LogP contribution is -2.11. The second kappa shape index (κ2) is 9.44. The predicted octanol–water partition coefficient (Wildman–Crippen LogP) is 3.01. The summed E-state index contributed by atoms with van der Waals surface area (Å²) < 4.78 is 11.3. The molecular formula is C18H24O3. The van der Waals surface area contributed by atoms with Crippen LogP contribution in [-0.2, 0) is 4.74 Å². The molecule has 2 rings (SSSR count). The van der Waals surface area contributed by atoms with Gasteiger partial charge < -0.3 is 14.6 Å². The smallest absolute Gasteiger partial charge is 0.119 e. The van der Waals surface area contributed by atoms with Crippen LogP contribution in [0.2, 0.25) is 0 Å². The molecule has 0 aliphatic heterocycles. The average Bonchev–Trinajstić information content (AvgIpc) is 3.02. The van der Waals surface area contributed by atoms with Gasteiger partial charge in [0.05, 0.1) is 13.2 Å². The molecule has 0 bridgehead atoms. The fourth-order valence-corrected chi connectivity index (χ4v) is 2.50. The molecule has 114 valence electrons. The van der Waals surface area contributed by atoms with Crippen molar-refractivity contribution in [2.24, 2.45) is 5.92 Å². The first kappa shape index (κ1) is 15.9. The lowest BCUT2D eigenvalue weighted by molar-refractivity contribution is 0.0754. The first-order chi connectivity index (χ1) is 10.4. The summed E-state index contributed by atoms with van der Waals surface area (Å²) in [5.74, 6) is 7.49. The number of hydrogen-bond acceptors (Lipinski definition) is 3. The van der Waals surface area contributed by atoms with Gasteiger partial charge in [-0.3, -0.25) is 0 Å². The molecule has 0 heterocycles. The third-order valence-corrected chi connectivity index (χ3v) is 3.65. The van der Waals surface area contributed by atoms with Crippen LogP contribution in [0.4, 0.5) is 0 Å². The Morgan fingerprint density at radius 1 is 1.10 bits per heavy atom. The van der Waals surface area contributed by atoms with E-state index in [4.69, 9.17) is 14.6 Å². The van der Waals surface area contributed by atoms with Gasteiger partial charge in [-0.25, -0.2) is 0 Å². The summed E-state index contributed by atoms with van der Waals surface area (Å²) in [6.07, 6.45) is 5.87. The Bertz CT molecular complexity index is 450. The molecule has 1 saturated carbocycles. The zero-order chi connectivity index (χ0) is 14.8. The number of benzene rings is 1. The molecule has 1 aromatic rings. The van der Waals surface area contributed by atoms with E-state index in [1.165, 1.54) is 25.7 Å². The third-order valence-electron chi connectivity index (χ3n) is 3.65. The number of ether oxygens (including phenoxy) is 2. The second-order valence-electron chi connectivity index (χ2n) is 5.37. The topological polar surface area (TPSA) is 38.7 Å². The van der Waals surface area contributed by atoms with Crippen molar-refractivity contribution in [2.75, 3.05) is 26.4 Å². The molecule has 0 aromatic heterocycles. The molecule has 1 aliphatic carbocycles. The van der Waals surface area contributed by atoms with Gasteiger partial charge in [-0.2, -0.15) is 0 Å². The minimum absolute atomic E-state index is 0.106. The van der Waals surface area contributed by atoms with E-state index in [1.807, 2.05) is 24.3 Å². The van der Waals surface area contributed by atoms with Gasteiger partial charge >= 0.3 is 0 Å². The molecule has 1 aromatic carbocycles. The molecule has 0 saturated heterocycles. The summed E-state index contributed by atoms with van der Waals surface area (Å²) in [6, 6.07) is 7.69. The van der Waals surface area contributed by atoms with E-state index in [-0.39, 0.29) is 6.61 Å². The highest BCUT2D eigenvalue weighted by atomic mass is 16.5. The molecule has 3 nitrogen and oxygen atoms in total. The Morgan fingerprint density at radius 3 is 2.57 bits per heavy atom. The largest absolute Gasteiger partial charge is 0.491 e. The fourth-order valence-electron chi connectivity index (χ4n) is 2.50. The minimum atomic E-state index is 0.106. The van der Waals surface area contributed by atoms with Crippen LogP contribution >= 0.6 is 0 Å². The van der Waals surface area contributed by atoms with Gasteiger partial charge in [0, 0.05) is 18.6 Å². The molecular weight excluding hydrogens is 264 g/mol. The molecule has 0 spiro atoms. The Kier molecular flexibility index (Phi) is 7.14. The van der Waals surface area contributed by atoms with Crippen LogP contribution in [0.5, 0.6) is 5.75 Å². The Labute approximate surface area is 127 Å². The molecule has 1 aliphatic rings. The van der Waals surface area contributed by atoms with Gasteiger partial charge in [0.15, 0.2) is 0 Å². The quantitative estimate of drug-likeness (QED) is 0.619. The minimum Gasteiger partial charge on any atom is -0.491 e. The summed E-state index contributed by atoms with van der Waals surface area (Å²) in [4.78, 5) is 0. The maximum Gasteiger partial charge on any atom is 0.119 e. The molecule has 1 fully saturated rings. The summed E-state index contributed by atoms with van der Waals surface area (Å²) >= 11 is 0. The first-order valence-electron chi connectivity index (χ1n) is 7.79. The fraction of sp³-hybridized carbons (Fsp3) is 0.556. The zero-order valence-corrected chi connectivity index (χ0v) is 12.5. The van der Waals surface area contributed by atoms with Gasteiger partial charge in [0.25, 0.3) is 0 Å². The Hall–Kier alpha value is -1.50. The maximum absolute atomic E-state index is 8.66. The van der Waals surface area contributed by atoms with Crippen LogP contribution < -0.4 is 4.74 Å². The van der Waals surface area contributed by atoms with Crippen molar-refractivity contribution in [2.45, 2.75) is 32.1 Å². The molecule has 21 heavy (non-hydrogen) atoms. The standard InChI is InChI=1S/C18H24O3/c19-12-4-3-5-16-8-10-18(11-9-16)21-14-13-20-15-17-6-1-2-7-17/h8-11,17,19H,1-2,4,6-7,12-15H2. The van der Waals surface area contributed by atoms with E-state index in [2.05, 4.69) is 11.8 Å². The molecule has 0 unspecified atom stereocenters. The normalized spacial score (nSPS) is 14.7. The van der Waals surface area contributed by atoms with Gasteiger partial charge in [-0.15, -0.1) is 0 Å². The van der Waals surface area contributed by atoms with E-state index >= 15 is 0 Å². The van der Waals surface area contributed by atoms with Crippen molar-refractivity contribution in [1.82, 2.24) is 0 Å². The van der Waals surface area contributed by atoms with Crippen LogP contribution in [0.25, 0.3) is 0 Å². The van der Waals surface area contributed by atoms with Crippen molar-refractivity contribution in [3.8, 4) is 17.6 Å². The lowest BCUT2D eigenvalue weighted by atomic mass is 10.1. The first-order valence-corrected chi connectivity index (χ1v) is 7.79. The average molecular weight is 288 g/mol. The van der Waals surface area contributed by atoms with Crippen molar-refractivity contribution in [3.63, 3.8) is 0 Å².